The van der Waals surface area contributed by atoms with Gasteiger partial charge in [-0.25, -0.2) is 18.1 Å². The zero-order chi connectivity index (χ0) is 23.3. The van der Waals surface area contributed by atoms with Gasteiger partial charge >= 0.3 is 6.18 Å². The molecule has 1 aliphatic rings. The lowest BCUT2D eigenvalue weighted by molar-refractivity contribution is -0.137. The summed E-state index contributed by atoms with van der Waals surface area (Å²) in [4.78, 5) is 4.45. The molecule has 0 aliphatic carbocycles. The first-order valence-corrected chi connectivity index (χ1v) is 11.1. The molecule has 11 heteroatoms. The lowest BCUT2D eigenvalue weighted by atomic mass is 10.1. The fourth-order valence-corrected chi connectivity index (χ4v) is 4.27. The van der Waals surface area contributed by atoms with Gasteiger partial charge in [0.15, 0.2) is 0 Å². The van der Waals surface area contributed by atoms with Crippen LogP contribution in [0.2, 0.25) is 0 Å². The number of aromatic nitrogens is 2. The van der Waals surface area contributed by atoms with Gasteiger partial charge in [0, 0.05) is 24.7 Å². The van der Waals surface area contributed by atoms with Crippen molar-refractivity contribution in [1.82, 2.24) is 14.3 Å². The van der Waals surface area contributed by atoms with Crippen LogP contribution in [0.1, 0.15) is 24.7 Å². The van der Waals surface area contributed by atoms with Gasteiger partial charge in [0.1, 0.15) is 22.9 Å². The summed E-state index contributed by atoms with van der Waals surface area (Å²) in [6.07, 6.45) is -2.29. The van der Waals surface area contributed by atoms with Gasteiger partial charge in [-0.1, -0.05) is 0 Å². The largest absolute Gasteiger partial charge is 0.457 e. The predicted molar refractivity (Wildman–Crippen MR) is 110 cm³/mol. The van der Waals surface area contributed by atoms with Crippen LogP contribution in [0.4, 0.5) is 13.2 Å². The molecule has 1 aliphatic heterocycles. The molecule has 2 aromatic carbocycles. The number of halogens is 3. The molecule has 1 unspecified atom stereocenters. The van der Waals surface area contributed by atoms with Crippen molar-refractivity contribution in [1.29, 1.82) is 0 Å². The molecule has 4 rings (SSSR count). The summed E-state index contributed by atoms with van der Waals surface area (Å²) in [6, 6.07) is 8.28. The lowest BCUT2D eigenvalue weighted by Gasteiger charge is -2.14. The Morgan fingerprint density at radius 3 is 2.47 bits per heavy atom. The SMILES string of the molecule is CNS(=O)(=O)c1ccc(Oc2ccc(C(F)(F)F)cc2)c(-c2cn3c(n2)C(C)(O)CC3)c1. The van der Waals surface area contributed by atoms with E-state index in [1.54, 1.807) is 17.7 Å². The molecule has 0 bridgehead atoms. The predicted octanol–water partition coefficient (Wildman–Crippen LogP) is 3.88. The summed E-state index contributed by atoms with van der Waals surface area (Å²) in [6.45, 7) is 2.18. The molecule has 0 saturated heterocycles. The normalized spacial score (nSPS) is 18.6. The highest BCUT2D eigenvalue weighted by atomic mass is 32.2. The summed E-state index contributed by atoms with van der Waals surface area (Å²) in [5, 5.41) is 10.5. The zero-order valence-corrected chi connectivity index (χ0v) is 18.0. The Balaban J connectivity index is 1.78. The first-order valence-electron chi connectivity index (χ1n) is 9.64. The minimum absolute atomic E-state index is 0.0327. The molecule has 3 aromatic rings. The third-order valence-electron chi connectivity index (χ3n) is 5.31. The van der Waals surface area contributed by atoms with E-state index in [1.807, 2.05) is 0 Å². The van der Waals surface area contributed by atoms with Crippen molar-refractivity contribution in [3.8, 4) is 22.8 Å². The second-order valence-electron chi connectivity index (χ2n) is 7.66. The molecule has 32 heavy (non-hydrogen) atoms. The minimum Gasteiger partial charge on any atom is -0.457 e. The first-order chi connectivity index (χ1) is 14.9. The quantitative estimate of drug-likeness (QED) is 0.594. The number of hydrogen-bond donors (Lipinski definition) is 2. The summed E-state index contributed by atoms with van der Waals surface area (Å²) in [5.74, 6) is 0.785. The standard InChI is InChI=1S/C21H20F3N3O4S/c1-20(28)9-10-27-12-17(26-19(20)27)16-11-15(32(29,30)25-2)7-8-18(16)31-14-5-3-13(4-6-14)21(22,23)24/h3-8,11-12,25,28H,9-10H2,1-2H3. The molecule has 0 fully saturated rings. The number of sulfonamides is 1. The number of fused-ring (bicyclic) bond motifs is 1. The van der Waals surface area contributed by atoms with E-state index in [4.69, 9.17) is 4.74 Å². The minimum atomic E-state index is -4.47. The van der Waals surface area contributed by atoms with Crippen LogP contribution in [0.3, 0.4) is 0 Å². The molecule has 1 atom stereocenters. The van der Waals surface area contributed by atoms with E-state index < -0.39 is 27.4 Å². The van der Waals surface area contributed by atoms with Crippen LogP contribution in [0.15, 0.2) is 53.6 Å². The van der Waals surface area contributed by atoms with Gasteiger partial charge in [-0.2, -0.15) is 13.2 Å². The maximum Gasteiger partial charge on any atom is 0.416 e. The molecular weight excluding hydrogens is 447 g/mol. The molecule has 2 heterocycles. The van der Waals surface area contributed by atoms with Crippen molar-refractivity contribution in [3.05, 3.63) is 60.0 Å². The highest BCUT2D eigenvalue weighted by Gasteiger charge is 2.35. The fraction of sp³-hybridized carbons (Fsp3) is 0.286. The van der Waals surface area contributed by atoms with Gasteiger partial charge in [-0.15, -0.1) is 0 Å². The van der Waals surface area contributed by atoms with Crippen LogP contribution in [0.5, 0.6) is 11.5 Å². The monoisotopic (exact) mass is 467 g/mol. The second kappa shape index (κ2) is 7.61. The molecule has 0 spiro atoms. The molecule has 170 valence electrons. The molecule has 0 amide bonds. The van der Waals surface area contributed by atoms with Gasteiger partial charge in [-0.3, -0.25) is 0 Å². The van der Waals surface area contributed by atoms with E-state index in [1.165, 1.54) is 37.4 Å². The second-order valence-corrected chi connectivity index (χ2v) is 9.54. The van der Waals surface area contributed by atoms with Crippen molar-refractivity contribution in [2.24, 2.45) is 0 Å². The number of hydrogen-bond acceptors (Lipinski definition) is 5. The Hall–Kier alpha value is -2.89. The smallest absolute Gasteiger partial charge is 0.416 e. The van der Waals surface area contributed by atoms with Gasteiger partial charge in [0.25, 0.3) is 0 Å². The Bertz CT molecular complexity index is 1270. The average Bonchev–Trinajstić information content (AvgIpc) is 3.28. The van der Waals surface area contributed by atoms with E-state index >= 15 is 0 Å². The summed E-state index contributed by atoms with van der Waals surface area (Å²) >= 11 is 0. The number of aliphatic hydroxyl groups is 1. The summed E-state index contributed by atoms with van der Waals surface area (Å²) in [5.41, 5.74) is -1.25. The van der Waals surface area contributed by atoms with Crippen LogP contribution < -0.4 is 9.46 Å². The zero-order valence-electron chi connectivity index (χ0n) is 17.1. The molecule has 7 nitrogen and oxygen atoms in total. The number of nitrogens with zero attached hydrogens (tertiary/aromatic N) is 2. The Morgan fingerprint density at radius 1 is 1.19 bits per heavy atom. The van der Waals surface area contributed by atoms with Crippen molar-refractivity contribution < 1.29 is 31.4 Å². The molecule has 0 radical (unpaired) electrons. The highest BCUT2D eigenvalue weighted by Crippen LogP contribution is 2.39. The van der Waals surface area contributed by atoms with Crippen molar-refractivity contribution >= 4 is 10.0 Å². The Labute approximate surface area is 182 Å². The molecule has 0 saturated carbocycles. The number of aryl methyl sites for hydroxylation is 1. The van der Waals surface area contributed by atoms with Crippen LogP contribution >= 0.6 is 0 Å². The van der Waals surface area contributed by atoms with E-state index in [0.29, 0.717) is 30.0 Å². The van der Waals surface area contributed by atoms with E-state index in [0.717, 1.165) is 12.1 Å². The van der Waals surface area contributed by atoms with Crippen LogP contribution in [-0.4, -0.2) is 30.1 Å². The van der Waals surface area contributed by atoms with Gasteiger partial charge < -0.3 is 14.4 Å². The van der Waals surface area contributed by atoms with E-state index in [2.05, 4.69) is 9.71 Å². The summed E-state index contributed by atoms with van der Waals surface area (Å²) < 4.78 is 72.9. The number of nitrogens with one attached hydrogen (secondary N) is 1. The number of alkyl halides is 3. The Morgan fingerprint density at radius 2 is 1.88 bits per heavy atom. The summed E-state index contributed by atoms with van der Waals surface area (Å²) in [7, 11) is -2.49. The van der Waals surface area contributed by atoms with Crippen molar-refractivity contribution in [3.63, 3.8) is 0 Å². The third-order valence-corrected chi connectivity index (χ3v) is 6.73. The van der Waals surface area contributed by atoms with Crippen molar-refractivity contribution in [2.75, 3.05) is 7.05 Å². The van der Waals surface area contributed by atoms with Gasteiger partial charge in [0.2, 0.25) is 10.0 Å². The van der Waals surface area contributed by atoms with Gasteiger partial charge in [-0.05, 0) is 56.4 Å². The van der Waals surface area contributed by atoms with Crippen LogP contribution in [0.25, 0.3) is 11.3 Å². The first kappa shape index (κ1) is 22.3. The number of imidazole rings is 1. The molecular formula is C21H20F3N3O4S. The lowest BCUT2D eigenvalue weighted by Crippen LogP contribution is -2.18. The fourth-order valence-electron chi connectivity index (χ4n) is 3.52. The Kier molecular flexibility index (Phi) is 5.30. The number of benzene rings is 2. The van der Waals surface area contributed by atoms with Crippen LogP contribution in [-0.2, 0) is 28.3 Å². The highest BCUT2D eigenvalue weighted by molar-refractivity contribution is 7.89. The molecule has 2 N–H and O–H groups in total. The van der Waals surface area contributed by atoms with Gasteiger partial charge in [0.05, 0.1) is 16.2 Å². The molecule has 1 aromatic heterocycles. The topological polar surface area (TPSA) is 93.5 Å². The van der Waals surface area contributed by atoms with E-state index in [-0.39, 0.29) is 16.4 Å². The maximum absolute atomic E-state index is 12.8. The maximum atomic E-state index is 12.8. The van der Waals surface area contributed by atoms with Crippen LogP contribution in [0, 0.1) is 0 Å². The van der Waals surface area contributed by atoms with E-state index in [9.17, 15) is 26.7 Å². The number of ether oxygens (including phenoxy) is 1. The third kappa shape index (κ3) is 4.10. The van der Waals surface area contributed by atoms with Crippen molar-refractivity contribution in [2.45, 2.75) is 36.6 Å². The average molecular weight is 467 g/mol. The number of rotatable bonds is 5.